The maximum Gasteiger partial charge on any atom is 0.334 e. The van der Waals surface area contributed by atoms with E-state index in [4.69, 9.17) is 9.84 Å². The Kier molecular flexibility index (Phi) is 2.25. The smallest absolute Gasteiger partial charge is 0.334 e. The molecule has 1 spiro atoms. The molecule has 14 heavy (non-hydrogen) atoms. The molecule has 4 nitrogen and oxygen atoms in total. The summed E-state index contributed by atoms with van der Waals surface area (Å²) >= 11 is 0. The molecule has 3 heterocycles. The summed E-state index contributed by atoms with van der Waals surface area (Å²) in [6.07, 6.45) is 1.85. The molecule has 3 saturated heterocycles. The molecule has 1 aliphatic carbocycles. The zero-order chi connectivity index (χ0) is 9.05. The molecule has 80 valence electrons. The van der Waals surface area contributed by atoms with E-state index in [0.29, 0.717) is 13.2 Å². The first-order valence-electron chi connectivity index (χ1n) is 4.79. The highest BCUT2D eigenvalue weighted by atomic mass is 35.5. The third kappa shape index (κ3) is 1.17. The minimum Gasteiger partial charge on any atom is -0.479 e. The molecule has 5 heteroatoms. The molecule has 0 radical (unpaired) electrons. The fourth-order valence-electron chi connectivity index (χ4n) is 3.04. The van der Waals surface area contributed by atoms with Crippen LogP contribution in [0.25, 0.3) is 0 Å². The maximum absolute atomic E-state index is 10.7. The number of morpholine rings is 1. The predicted octanol–water partition coefficient (Wildman–Crippen LogP) is 0.356. The predicted molar refractivity (Wildman–Crippen MR) is 51.7 cm³/mol. The first-order valence-corrected chi connectivity index (χ1v) is 4.79. The molecule has 1 saturated carbocycles. The van der Waals surface area contributed by atoms with Crippen LogP contribution in [-0.2, 0) is 9.53 Å². The number of carboxylic acids is 1. The Morgan fingerprint density at radius 1 is 1.43 bits per heavy atom. The molecular formula is C9H14ClNO3. The van der Waals surface area contributed by atoms with Crippen LogP contribution in [0.3, 0.4) is 0 Å². The molecule has 4 rings (SSSR count). The molecule has 0 aromatic carbocycles. The Bertz CT molecular complexity index is 265. The van der Waals surface area contributed by atoms with E-state index < -0.39 is 12.1 Å². The minimum absolute atomic E-state index is 0. The van der Waals surface area contributed by atoms with Crippen molar-refractivity contribution in [1.29, 1.82) is 0 Å². The molecule has 1 N–H and O–H groups in total. The van der Waals surface area contributed by atoms with Crippen molar-refractivity contribution in [2.45, 2.75) is 24.5 Å². The van der Waals surface area contributed by atoms with Gasteiger partial charge in [0.1, 0.15) is 0 Å². The summed E-state index contributed by atoms with van der Waals surface area (Å²) in [7, 11) is 0. The first-order chi connectivity index (χ1) is 6.20. The second-order valence-electron chi connectivity index (χ2n) is 4.54. The van der Waals surface area contributed by atoms with E-state index in [1.165, 1.54) is 12.8 Å². The van der Waals surface area contributed by atoms with Crippen LogP contribution in [0.1, 0.15) is 12.8 Å². The van der Waals surface area contributed by atoms with Crippen molar-refractivity contribution in [2.24, 2.45) is 5.92 Å². The summed E-state index contributed by atoms with van der Waals surface area (Å²) in [6, 6.07) is 0. The van der Waals surface area contributed by atoms with E-state index in [0.717, 1.165) is 12.5 Å². The van der Waals surface area contributed by atoms with Crippen LogP contribution in [-0.4, -0.2) is 47.3 Å². The van der Waals surface area contributed by atoms with Gasteiger partial charge in [-0.1, -0.05) is 0 Å². The van der Waals surface area contributed by atoms with Crippen molar-refractivity contribution in [3.8, 4) is 0 Å². The quantitative estimate of drug-likeness (QED) is 0.692. The Labute approximate surface area is 88.6 Å². The summed E-state index contributed by atoms with van der Waals surface area (Å²) < 4.78 is 5.35. The zero-order valence-electron chi connectivity index (χ0n) is 7.81. The highest BCUT2D eigenvalue weighted by Gasteiger charge is 2.58. The average molecular weight is 220 g/mol. The number of halogens is 1. The Balaban J connectivity index is 0.000000750. The van der Waals surface area contributed by atoms with E-state index >= 15 is 0 Å². The second-order valence-corrected chi connectivity index (χ2v) is 4.54. The lowest BCUT2D eigenvalue weighted by Gasteiger charge is -2.46. The van der Waals surface area contributed by atoms with Crippen molar-refractivity contribution >= 4 is 18.4 Å². The third-order valence-electron chi connectivity index (χ3n) is 3.70. The lowest BCUT2D eigenvalue weighted by Crippen LogP contribution is -2.58. The molecule has 2 bridgehead atoms. The summed E-state index contributed by atoms with van der Waals surface area (Å²) in [5.41, 5.74) is 0.247. The Morgan fingerprint density at radius 2 is 2.14 bits per heavy atom. The topological polar surface area (TPSA) is 49.8 Å². The van der Waals surface area contributed by atoms with Gasteiger partial charge in [0.15, 0.2) is 6.10 Å². The molecule has 0 aromatic rings. The summed E-state index contributed by atoms with van der Waals surface area (Å²) in [5.74, 6) is -0.00454. The minimum atomic E-state index is -0.820. The number of hydrogen-bond donors (Lipinski definition) is 1. The van der Waals surface area contributed by atoms with Crippen LogP contribution in [0, 0.1) is 5.92 Å². The molecule has 0 aromatic heterocycles. The number of nitrogens with zero attached hydrogens (tertiary/aromatic N) is 1. The summed E-state index contributed by atoms with van der Waals surface area (Å²) in [5, 5.41) is 8.80. The fraction of sp³-hybridized carbons (Fsp3) is 0.889. The van der Waals surface area contributed by atoms with Crippen molar-refractivity contribution in [1.82, 2.24) is 4.90 Å². The van der Waals surface area contributed by atoms with Gasteiger partial charge in [0, 0.05) is 18.6 Å². The van der Waals surface area contributed by atoms with Gasteiger partial charge < -0.3 is 9.84 Å². The molecular weight excluding hydrogens is 206 g/mol. The number of hydrogen-bond acceptors (Lipinski definition) is 3. The monoisotopic (exact) mass is 219 g/mol. The van der Waals surface area contributed by atoms with E-state index in [-0.39, 0.29) is 17.9 Å². The number of ether oxygens (including phenoxy) is 1. The molecule has 1 atom stereocenters. The molecule has 1 unspecified atom stereocenters. The number of rotatable bonds is 1. The van der Waals surface area contributed by atoms with Gasteiger partial charge in [-0.25, -0.2) is 4.79 Å². The lowest BCUT2D eigenvalue weighted by atomic mass is 9.73. The zero-order valence-corrected chi connectivity index (χ0v) is 8.63. The SMILES string of the molecule is Cl.O=C(O)C1CN2CC3CC2(CO1)C3. The van der Waals surface area contributed by atoms with Gasteiger partial charge in [-0.15, -0.1) is 12.4 Å². The highest BCUT2D eigenvalue weighted by molar-refractivity contribution is 5.85. The largest absolute Gasteiger partial charge is 0.479 e. The van der Waals surface area contributed by atoms with Crippen LogP contribution >= 0.6 is 12.4 Å². The number of carbonyl (C=O) groups is 1. The summed E-state index contributed by atoms with van der Waals surface area (Å²) in [6.45, 7) is 2.30. The summed E-state index contributed by atoms with van der Waals surface area (Å²) in [4.78, 5) is 13.0. The van der Waals surface area contributed by atoms with E-state index in [9.17, 15) is 4.79 Å². The normalized spacial score (nSPS) is 44.9. The van der Waals surface area contributed by atoms with Crippen LogP contribution in [0.2, 0.25) is 0 Å². The number of carboxylic acid groups (broad SMARTS) is 1. The Morgan fingerprint density at radius 3 is 2.79 bits per heavy atom. The van der Waals surface area contributed by atoms with Crippen LogP contribution in [0.15, 0.2) is 0 Å². The molecule has 0 amide bonds. The fourth-order valence-corrected chi connectivity index (χ4v) is 3.04. The van der Waals surface area contributed by atoms with Crippen molar-refractivity contribution in [2.75, 3.05) is 19.7 Å². The second kappa shape index (κ2) is 3.08. The van der Waals surface area contributed by atoms with Crippen LogP contribution in [0.4, 0.5) is 0 Å². The van der Waals surface area contributed by atoms with E-state index in [2.05, 4.69) is 4.90 Å². The van der Waals surface area contributed by atoms with E-state index in [1.807, 2.05) is 0 Å². The molecule has 4 aliphatic rings. The van der Waals surface area contributed by atoms with Crippen LogP contribution in [0.5, 0.6) is 0 Å². The van der Waals surface area contributed by atoms with Crippen LogP contribution < -0.4 is 0 Å². The highest BCUT2D eigenvalue weighted by Crippen LogP contribution is 2.52. The van der Waals surface area contributed by atoms with Crippen molar-refractivity contribution in [3.63, 3.8) is 0 Å². The lowest BCUT2D eigenvalue weighted by molar-refractivity contribution is -0.165. The first kappa shape index (κ1) is 10.2. The third-order valence-corrected chi connectivity index (χ3v) is 3.70. The number of aliphatic carboxylic acids is 1. The van der Waals surface area contributed by atoms with Gasteiger partial charge in [-0.05, 0) is 18.8 Å². The van der Waals surface area contributed by atoms with Crippen molar-refractivity contribution < 1.29 is 14.6 Å². The van der Waals surface area contributed by atoms with Gasteiger partial charge in [0.05, 0.1) is 6.61 Å². The van der Waals surface area contributed by atoms with Gasteiger partial charge in [-0.3, -0.25) is 4.90 Å². The van der Waals surface area contributed by atoms with Gasteiger partial charge >= 0.3 is 5.97 Å². The standard InChI is InChI=1S/C9H13NO3.ClH/c11-8(12)7-4-10-3-6-1-9(10,2-6)5-13-7;/h6-7H,1-5H2,(H,11,12);1H. The average Bonchev–Trinajstić information content (AvgIpc) is 2.54. The van der Waals surface area contributed by atoms with E-state index in [1.54, 1.807) is 0 Å². The van der Waals surface area contributed by atoms with Crippen molar-refractivity contribution in [3.05, 3.63) is 0 Å². The van der Waals surface area contributed by atoms with Gasteiger partial charge in [-0.2, -0.15) is 0 Å². The van der Waals surface area contributed by atoms with Gasteiger partial charge in [0.2, 0.25) is 0 Å². The maximum atomic E-state index is 10.7. The Hall–Kier alpha value is -0.320. The van der Waals surface area contributed by atoms with Gasteiger partial charge in [0.25, 0.3) is 0 Å². The molecule has 3 aliphatic heterocycles. The molecule has 4 fully saturated rings.